The third-order valence-corrected chi connectivity index (χ3v) is 3.92. The van der Waals surface area contributed by atoms with Gasteiger partial charge in [0.1, 0.15) is 5.69 Å². The number of amides is 1. The molecule has 26 heavy (non-hydrogen) atoms. The molecule has 1 amide bonds. The molecule has 1 aromatic heterocycles. The molecule has 8 heteroatoms. The second kappa shape index (κ2) is 8.96. The quantitative estimate of drug-likeness (QED) is 0.337. The number of hydrogen-bond donors (Lipinski definition) is 0. The molecule has 8 nitrogen and oxygen atoms in total. The van der Waals surface area contributed by atoms with Crippen LogP contribution in [-0.4, -0.2) is 28.9 Å². The van der Waals surface area contributed by atoms with Gasteiger partial charge in [-0.3, -0.25) is 9.78 Å². The number of carbonyl (C=O) groups is 1. The summed E-state index contributed by atoms with van der Waals surface area (Å²) in [6.07, 6.45) is 3.66. The predicted octanol–water partition coefficient (Wildman–Crippen LogP) is 4.12. The number of azide groups is 1. The normalized spacial score (nSPS) is 16.5. The first kappa shape index (κ1) is 17.9. The largest absolute Gasteiger partial charge is 0.350 e. The molecule has 1 unspecified atom stereocenters. The Morgan fingerprint density at radius 1 is 1.31 bits per heavy atom. The van der Waals surface area contributed by atoms with Gasteiger partial charge in [-0.25, -0.2) is 9.90 Å². The van der Waals surface area contributed by atoms with E-state index >= 15 is 0 Å². The summed E-state index contributed by atoms with van der Waals surface area (Å²) in [5.74, 6) is -0.481. The fourth-order valence-electron chi connectivity index (χ4n) is 2.65. The van der Waals surface area contributed by atoms with Gasteiger partial charge in [-0.05, 0) is 36.1 Å². The van der Waals surface area contributed by atoms with Gasteiger partial charge in [0.2, 0.25) is 0 Å². The Balaban J connectivity index is 1.86. The number of aromatic nitrogens is 1. The topological polar surface area (TPSA) is 100 Å². The highest BCUT2D eigenvalue weighted by Crippen LogP contribution is 2.22. The molecule has 0 aliphatic carbocycles. The summed E-state index contributed by atoms with van der Waals surface area (Å²) in [6, 6.07) is 12.6. The van der Waals surface area contributed by atoms with Crippen LogP contribution in [0.2, 0.25) is 0 Å². The number of nitrogens with zero attached hydrogens (tertiary/aromatic N) is 5. The number of carbonyl (C=O) groups excluding carboxylic acids is 1. The van der Waals surface area contributed by atoms with Gasteiger partial charge in [-0.2, -0.15) is 0 Å². The van der Waals surface area contributed by atoms with E-state index in [1.165, 1.54) is 17.3 Å². The SMILES string of the molecule is [N-]=[N+]=Nc1cccnc1C(=O)N(Cc1ccccc1)OC1CCCCO1. The second-order valence-corrected chi connectivity index (χ2v) is 5.79. The highest BCUT2D eigenvalue weighted by Gasteiger charge is 2.26. The van der Waals surface area contributed by atoms with E-state index in [0.29, 0.717) is 13.0 Å². The van der Waals surface area contributed by atoms with Crippen LogP contribution in [0.4, 0.5) is 5.69 Å². The Morgan fingerprint density at radius 3 is 2.88 bits per heavy atom. The van der Waals surface area contributed by atoms with E-state index in [2.05, 4.69) is 15.0 Å². The Hall–Kier alpha value is -2.93. The standard InChI is InChI=1S/C18H19N5O3/c19-22-21-15-9-6-11-20-17(15)18(24)23(13-14-7-2-1-3-8-14)26-16-10-4-5-12-25-16/h1-3,6-9,11,16H,4-5,10,12-13H2. The zero-order valence-electron chi connectivity index (χ0n) is 14.2. The van der Waals surface area contributed by atoms with E-state index in [0.717, 1.165) is 18.4 Å². The van der Waals surface area contributed by atoms with Crippen LogP contribution in [0.1, 0.15) is 35.3 Å². The average molecular weight is 353 g/mol. The number of pyridine rings is 1. The Bertz CT molecular complexity index is 786. The molecule has 1 atom stereocenters. The minimum atomic E-state index is -0.483. The molecule has 0 saturated carbocycles. The molecule has 2 aromatic rings. The average Bonchev–Trinajstić information content (AvgIpc) is 2.69. The number of ether oxygens (including phenoxy) is 1. The van der Waals surface area contributed by atoms with Gasteiger partial charge in [-0.1, -0.05) is 35.4 Å². The Kier molecular flexibility index (Phi) is 6.16. The number of hydrogen-bond acceptors (Lipinski definition) is 5. The van der Waals surface area contributed by atoms with Crippen molar-refractivity contribution in [2.45, 2.75) is 32.1 Å². The van der Waals surface area contributed by atoms with Crippen molar-refractivity contribution in [1.82, 2.24) is 10.0 Å². The lowest BCUT2D eigenvalue weighted by Crippen LogP contribution is -2.37. The van der Waals surface area contributed by atoms with Crippen LogP contribution in [0, 0.1) is 0 Å². The van der Waals surface area contributed by atoms with Crippen LogP contribution in [0.25, 0.3) is 10.4 Å². The minimum absolute atomic E-state index is 0.0389. The van der Waals surface area contributed by atoms with Gasteiger partial charge in [0, 0.05) is 24.1 Å². The van der Waals surface area contributed by atoms with E-state index in [1.807, 2.05) is 30.3 Å². The van der Waals surface area contributed by atoms with Gasteiger partial charge in [0.15, 0.2) is 6.29 Å². The van der Waals surface area contributed by atoms with Crippen LogP contribution in [0.15, 0.2) is 53.8 Å². The predicted molar refractivity (Wildman–Crippen MR) is 94.0 cm³/mol. The van der Waals surface area contributed by atoms with Crippen LogP contribution in [0.3, 0.4) is 0 Å². The molecule has 0 radical (unpaired) electrons. The first-order valence-corrected chi connectivity index (χ1v) is 8.42. The van der Waals surface area contributed by atoms with Gasteiger partial charge < -0.3 is 4.74 Å². The van der Waals surface area contributed by atoms with Crippen molar-refractivity contribution in [2.75, 3.05) is 6.61 Å². The maximum Gasteiger partial charge on any atom is 0.296 e. The summed E-state index contributed by atoms with van der Waals surface area (Å²) < 4.78 is 5.59. The first-order valence-electron chi connectivity index (χ1n) is 8.42. The van der Waals surface area contributed by atoms with Crippen molar-refractivity contribution in [1.29, 1.82) is 0 Å². The maximum absolute atomic E-state index is 13.0. The molecule has 1 aromatic carbocycles. The molecule has 0 N–H and O–H groups in total. The Labute approximate surface area is 150 Å². The lowest BCUT2D eigenvalue weighted by molar-refractivity contribution is -0.270. The number of benzene rings is 1. The van der Waals surface area contributed by atoms with E-state index in [9.17, 15) is 4.79 Å². The van der Waals surface area contributed by atoms with Crippen molar-refractivity contribution in [3.8, 4) is 0 Å². The summed E-state index contributed by atoms with van der Waals surface area (Å²) >= 11 is 0. The van der Waals surface area contributed by atoms with Gasteiger partial charge in [0.25, 0.3) is 5.91 Å². The van der Waals surface area contributed by atoms with E-state index < -0.39 is 12.2 Å². The zero-order valence-corrected chi connectivity index (χ0v) is 14.2. The summed E-state index contributed by atoms with van der Waals surface area (Å²) in [7, 11) is 0. The summed E-state index contributed by atoms with van der Waals surface area (Å²) in [5, 5.41) is 4.77. The van der Waals surface area contributed by atoms with Crippen LogP contribution < -0.4 is 0 Å². The van der Waals surface area contributed by atoms with Crippen molar-refractivity contribution in [2.24, 2.45) is 5.11 Å². The zero-order chi connectivity index (χ0) is 18.2. The Morgan fingerprint density at radius 2 is 2.15 bits per heavy atom. The number of hydroxylamine groups is 2. The summed E-state index contributed by atoms with van der Waals surface area (Å²) in [6.45, 7) is 0.831. The van der Waals surface area contributed by atoms with Crippen LogP contribution >= 0.6 is 0 Å². The monoisotopic (exact) mass is 353 g/mol. The molecule has 0 spiro atoms. The summed E-state index contributed by atoms with van der Waals surface area (Å²) in [5.41, 5.74) is 9.81. The third-order valence-electron chi connectivity index (χ3n) is 3.92. The molecule has 134 valence electrons. The van der Waals surface area contributed by atoms with E-state index in [1.54, 1.807) is 6.07 Å². The van der Waals surface area contributed by atoms with E-state index in [-0.39, 0.29) is 17.9 Å². The lowest BCUT2D eigenvalue weighted by atomic mass is 10.2. The van der Waals surface area contributed by atoms with Crippen LogP contribution in [-0.2, 0) is 16.1 Å². The maximum atomic E-state index is 13.0. The highest BCUT2D eigenvalue weighted by atomic mass is 16.8. The first-order chi connectivity index (χ1) is 12.8. The van der Waals surface area contributed by atoms with Crippen molar-refractivity contribution in [3.63, 3.8) is 0 Å². The molecule has 2 heterocycles. The fraction of sp³-hybridized carbons (Fsp3) is 0.333. The molecular weight excluding hydrogens is 334 g/mol. The fourth-order valence-corrected chi connectivity index (χ4v) is 2.65. The molecule has 0 bridgehead atoms. The minimum Gasteiger partial charge on any atom is -0.350 e. The number of rotatable bonds is 6. The molecule has 3 rings (SSSR count). The second-order valence-electron chi connectivity index (χ2n) is 5.79. The molecule has 1 fully saturated rings. The molecule has 1 saturated heterocycles. The summed E-state index contributed by atoms with van der Waals surface area (Å²) in [4.78, 5) is 25.7. The van der Waals surface area contributed by atoms with Gasteiger partial charge in [-0.15, -0.1) is 0 Å². The van der Waals surface area contributed by atoms with E-state index in [4.69, 9.17) is 15.1 Å². The van der Waals surface area contributed by atoms with Crippen molar-refractivity contribution >= 4 is 11.6 Å². The van der Waals surface area contributed by atoms with Gasteiger partial charge >= 0.3 is 0 Å². The smallest absolute Gasteiger partial charge is 0.296 e. The third kappa shape index (κ3) is 4.58. The molecule has 1 aliphatic heterocycles. The van der Waals surface area contributed by atoms with Gasteiger partial charge in [0.05, 0.1) is 12.2 Å². The van der Waals surface area contributed by atoms with Crippen molar-refractivity contribution < 1.29 is 14.4 Å². The highest BCUT2D eigenvalue weighted by molar-refractivity contribution is 5.96. The molecular formula is C18H19N5O3. The van der Waals surface area contributed by atoms with Crippen LogP contribution in [0.5, 0.6) is 0 Å². The lowest BCUT2D eigenvalue weighted by Gasteiger charge is -2.29. The molecule has 1 aliphatic rings. The van der Waals surface area contributed by atoms with Crippen molar-refractivity contribution in [3.05, 3.63) is 70.4 Å².